The van der Waals surface area contributed by atoms with Crippen LogP contribution in [0.3, 0.4) is 0 Å². The molecule has 1 unspecified atom stereocenters. The van der Waals surface area contributed by atoms with Gasteiger partial charge in [-0.25, -0.2) is 4.39 Å². The molecule has 1 aromatic carbocycles. The highest BCUT2D eigenvalue weighted by atomic mass is 32.2. The number of nitrogens with one attached hydrogen (secondary N) is 1. The molecule has 2 amide bonds. The Bertz CT molecular complexity index is 580. The van der Waals surface area contributed by atoms with Crippen molar-refractivity contribution < 1.29 is 14.0 Å². The van der Waals surface area contributed by atoms with Crippen molar-refractivity contribution in [1.29, 1.82) is 0 Å². The Balaban J connectivity index is 1.79. The molecule has 1 saturated heterocycles. The Labute approximate surface area is 132 Å². The number of anilines is 1. The Morgan fingerprint density at radius 1 is 1.48 bits per heavy atom. The molecule has 1 atom stereocenters. The zero-order chi connectivity index (χ0) is 15.4. The number of carbonyl (C=O) groups is 2. The van der Waals surface area contributed by atoms with Crippen LogP contribution in [-0.4, -0.2) is 32.8 Å². The van der Waals surface area contributed by atoms with Gasteiger partial charge in [-0.15, -0.1) is 0 Å². The van der Waals surface area contributed by atoms with E-state index in [0.717, 1.165) is 0 Å². The van der Waals surface area contributed by atoms with E-state index in [1.807, 2.05) is 6.92 Å². The first kappa shape index (κ1) is 15.9. The highest BCUT2D eigenvalue weighted by Gasteiger charge is 2.33. The number of hydrogen-bond acceptors (Lipinski definition) is 4. The lowest BCUT2D eigenvalue weighted by molar-refractivity contribution is -0.126. The number of para-hydroxylation sites is 1. The van der Waals surface area contributed by atoms with Crippen LogP contribution in [0.1, 0.15) is 19.8 Å². The Hall–Kier alpha value is -1.47. The molecule has 112 valence electrons. The molecule has 21 heavy (non-hydrogen) atoms. The average Bonchev–Trinajstić information content (AvgIpc) is 2.68. The zero-order valence-corrected chi connectivity index (χ0v) is 13.1. The van der Waals surface area contributed by atoms with Gasteiger partial charge >= 0.3 is 0 Å². The van der Waals surface area contributed by atoms with Gasteiger partial charge in [-0.1, -0.05) is 36.1 Å². The Morgan fingerprint density at radius 3 is 2.81 bits per heavy atom. The lowest BCUT2D eigenvalue weighted by atomic mass is 10.2. The summed E-state index contributed by atoms with van der Waals surface area (Å²) in [6.07, 6.45) is 0.694. The van der Waals surface area contributed by atoms with Crippen molar-refractivity contribution in [2.45, 2.75) is 25.0 Å². The van der Waals surface area contributed by atoms with Gasteiger partial charge < -0.3 is 5.32 Å². The third-order valence-corrected chi connectivity index (χ3v) is 4.53. The molecular weight excluding hydrogens is 311 g/mol. The predicted octanol–water partition coefficient (Wildman–Crippen LogP) is 2.79. The van der Waals surface area contributed by atoms with Crippen molar-refractivity contribution in [3.63, 3.8) is 0 Å². The zero-order valence-electron chi connectivity index (χ0n) is 11.5. The van der Waals surface area contributed by atoms with Crippen molar-refractivity contribution in [2.24, 2.45) is 0 Å². The molecule has 1 fully saturated rings. The highest BCUT2D eigenvalue weighted by Crippen LogP contribution is 2.26. The van der Waals surface area contributed by atoms with Gasteiger partial charge in [0.15, 0.2) is 0 Å². The Morgan fingerprint density at radius 2 is 2.19 bits per heavy atom. The third-order valence-electron chi connectivity index (χ3n) is 3.05. The van der Waals surface area contributed by atoms with E-state index in [0.29, 0.717) is 17.3 Å². The fourth-order valence-electron chi connectivity index (χ4n) is 1.95. The molecule has 0 spiro atoms. The molecule has 1 N–H and O–H groups in total. The van der Waals surface area contributed by atoms with E-state index in [-0.39, 0.29) is 29.2 Å². The molecule has 4 nitrogen and oxygen atoms in total. The summed E-state index contributed by atoms with van der Waals surface area (Å²) in [5, 5.41) is 2.36. The number of carbonyl (C=O) groups excluding carboxylic acids is 2. The number of rotatable bonds is 5. The summed E-state index contributed by atoms with van der Waals surface area (Å²) < 4.78 is 13.9. The summed E-state index contributed by atoms with van der Waals surface area (Å²) in [4.78, 5) is 25.1. The number of hydrogen-bond donors (Lipinski definition) is 1. The summed E-state index contributed by atoms with van der Waals surface area (Å²) in [6, 6.07) is 6.00. The predicted molar refractivity (Wildman–Crippen MR) is 85.6 cm³/mol. The van der Waals surface area contributed by atoms with Gasteiger partial charge in [0.2, 0.25) is 11.8 Å². The normalized spacial score (nSPS) is 18.2. The van der Waals surface area contributed by atoms with E-state index < -0.39 is 5.82 Å². The standard InChI is InChI=1S/C14H15FN2O2S2/c1-9-13(19)17(14(20)21-9)8-4-7-12(18)16-11-6-3-2-5-10(11)15/h2-3,5-6,9H,4,7-8H2,1H3,(H,16,18). The van der Waals surface area contributed by atoms with Gasteiger partial charge in [-0.05, 0) is 25.5 Å². The van der Waals surface area contributed by atoms with Crippen molar-refractivity contribution >= 4 is 45.8 Å². The average molecular weight is 326 g/mol. The molecule has 1 aliphatic heterocycles. The maximum atomic E-state index is 13.4. The fourth-order valence-corrected chi connectivity index (χ4v) is 3.40. The van der Waals surface area contributed by atoms with E-state index in [1.54, 1.807) is 12.1 Å². The molecule has 0 bridgehead atoms. The largest absolute Gasteiger partial charge is 0.324 e. The van der Waals surface area contributed by atoms with Crippen LogP contribution in [-0.2, 0) is 9.59 Å². The molecule has 0 aromatic heterocycles. The molecule has 0 radical (unpaired) electrons. The number of thiocarbonyl (C=S) groups is 1. The number of nitrogens with zero attached hydrogens (tertiary/aromatic N) is 1. The topological polar surface area (TPSA) is 49.4 Å². The van der Waals surface area contributed by atoms with E-state index in [1.165, 1.54) is 28.8 Å². The quantitative estimate of drug-likeness (QED) is 0.845. The smallest absolute Gasteiger partial charge is 0.241 e. The lowest BCUT2D eigenvalue weighted by Gasteiger charge is -2.14. The highest BCUT2D eigenvalue weighted by molar-refractivity contribution is 8.24. The first-order chi connectivity index (χ1) is 9.99. The molecule has 1 heterocycles. The summed E-state index contributed by atoms with van der Waals surface area (Å²) in [5.41, 5.74) is 0.166. The number of benzene rings is 1. The van der Waals surface area contributed by atoms with Gasteiger partial charge in [0.05, 0.1) is 10.9 Å². The van der Waals surface area contributed by atoms with E-state index in [2.05, 4.69) is 5.32 Å². The summed E-state index contributed by atoms with van der Waals surface area (Å²) in [7, 11) is 0. The first-order valence-corrected chi connectivity index (χ1v) is 7.84. The molecule has 0 saturated carbocycles. The van der Waals surface area contributed by atoms with Crippen LogP contribution in [0.4, 0.5) is 10.1 Å². The number of halogens is 1. The summed E-state index contributed by atoms with van der Waals surface area (Å²) in [5.74, 6) is -0.759. The van der Waals surface area contributed by atoms with Crippen LogP contribution in [0.2, 0.25) is 0 Å². The summed E-state index contributed by atoms with van der Waals surface area (Å²) in [6.45, 7) is 2.23. The molecule has 0 aliphatic carbocycles. The minimum Gasteiger partial charge on any atom is -0.324 e. The Kier molecular flexibility index (Phi) is 5.30. The van der Waals surface area contributed by atoms with Gasteiger partial charge in [0.25, 0.3) is 0 Å². The number of thioether (sulfide) groups is 1. The maximum absolute atomic E-state index is 13.4. The SMILES string of the molecule is CC1SC(=S)N(CCCC(=O)Nc2ccccc2F)C1=O. The van der Waals surface area contributed by atoms with Crippen molar-refractivity contribution in [1.82, 2.24) is 4.90 Å². The van der Waals surface area contributed by atoms with Crippen LogP contribution in [0.5, 0.6) is 0 Å². The van der Waals surface area contributed by atoms with E-state index >= 15 is 0 Å². The van der Waals surface area contributed by atoms with Crippen LogP contribution < -0.4 is 5.32 Å². The second-order valence-corrected chi connectivity index (χ2v) is 6.62. The van der Waals surface area contributed by atoms with Crippen molar-refractivity contribution in [3.05, 3.63) is 30.1 Å². The van der Waals surface area contributed by atoms with Crippen LogP contribution in [0, 0.1) is 5.82 Å². The van der Waals surface area contributed by atoms with Crippen LogP contribution in [0.15, 0.2) is 24.3 Å². The monoisotopic (exact) mass is 326 g/mol. The van der Waals surface area contributed by atoms with Gasteiger partial charge in [-0.3, -0.25) is 14.5 Å². The van der Waals surface area contributed by atoms with Gasteiger partial charge in [-0.2, -0.15) is 0 Å². The second kappa shape index (κ2) is 7.00. The van der Waals surface area contributed by atoms with Gasteiger partial charge in [0, 0.05) is 13.0 Å². The molecule has 1 aliphatic rings. The van der Waals surface area contributed by atoms with Crippen LogP contribution >= 0.6 is 24.0 Å². The minimum absolute atomic E-state index is 0.0143. The second-order valence-electron chi connectivity index (χ2n) is 4.65. The molecule has 7 heteroatoms. The molecule has 2 rings (SSSR count). The number of amides is 2. The molecular formula is C14H15FN2O2S2. The van der Waals surface area contributed by atoms with Crippen molar-refractivity contribution in [2.75, 3.05) is 11.9 Å². The first-order valence-electron chi connectivity index (χ1n) is 6.55. The maximum Gasteiger partial charge on any atom is 0.241 e. The summed E-state index contributed by atoms with van der Waals surface area (Å²) >= 11 is 6.47. The lowest BCUT2D eigenvalue weighted by Crippen LogP contribution is -2.32. The van der Waals surface area contributed by atoms with Crippen molar-refractivity contribution in [3.8, 4) is 0 Å². The van der Waals surface area contributed by atoms with E-state index in [4.69, 9.17) is 12.2 Å². The third kappa shape index (κ3) is 4.01. The van der Waals surface area contributed by atoms with Gasteiger partial charge in [0.1, 0.15) is 10.1 Å². The molecule has 1 aromatic rings. The fraction of sp³-hybridized carbons (Fsp3) is 0.357. The minimum atomic E-state index is -0.466. The van der Waals surface area contributed by atoms with Crippen LogP contribution in [0.25, 0.3) is 0 Å². The van der Waals surface area contributed by atoms with E-state index in [9.17, 15) is 14.0 Å².